The molecule has 1 unspecified atom stereocenters. The van der Waals surface area contributed by atoms with E-state index >= 15 is 0 Å². The van der Waals surface area contributed by atoms with Gasteiger partial charge in [0.25, 0.3) is 0 Å². The summed E-state index contributed by atoms with van der Waals surface area (Å²) in [5.41, 5.74) is 1.06. The summed E-state index contributed by atoms with van der Waals surface area (Å²) in [5.74, 6) is -0.168. The molecule has 0 spiro atoms. The monoisotopic (exact) mass is 244 g/mol. The Bertz CT molecular complexity index is 597. The standard InChI is InChI=1S/C14H12O2S/c15-17(16)14-9-5-4-8-13(14)11-10-12-6-2-1-3-7-12/h1-11,13H/b11-10+. The second kappa shape index (κ2) is 5.46. The van der Waals surface area contributed by atoms with E-state index in [1.54, 1.807) is 12.2 Å². The first-order valence-electron chi connectivity index (χ1n) is 5.31. The van der Waals surface area contributed by atoms with Crippen molar-refractivity contribution in [3.05, 3.63) is 66.3 Å². The zero-order chi connectivity index (χ0) is 12.1. The van der Waals surface area contributed by atoms with E-state index in [1.807, 2.05) is 54.6 Å². The van der Waals surface area contributed by atoms with Crippen LogP contribution in [0.15, 0.2) is 60.7 Å². The lowest BCUT2D eigenvalue weighted by atomic mass is 9.99. The quantitative estimate of drug-likeness (QED) is 0.749. The highest BCUT2D eigenvalue weighted by Crippen LogP contribution is 2.12. The molecule has 1 aromatic rings. The largest absolute Gasteiger partial charge is 0.218 e. The number of hydrogen-bond acceptors (Lipinski definition) is 2. The average Bonchev–Trinajstić information content (AvgIpc) is 2.38. The lowest BCUT2D eigenvalue weighted by molar-refractivity contribution is 0.626. The molecule has 2 rings (SSSR count). The van der Waals surface area contributed by atoms with E-state index in [0.29, 0.717) is 4.86 Å². The van der Waals surface area contributed by atoms with Crippen LogP contribution < -0.4 is 0 Å². The minimum atomic E-state index is -2.16. The van der Waals surface area contributed by atoms with Crippen molar-refractivity contribution in [2.75, 3.05) is 0 Å². The van der Waals surface area contributed by atoms with Gasteiger partial charge >= 0.3 is 0 Å². The molecule has 0 bridgehead atoms. The highest BCUT2D eigenvalue weighted by atomic mass is 32.2. The summed E-state index contributed by atoms with van der Waals surface area (Å²) in [6.07, 6.45) is 10.9. The molecule has 0 radical (unpaired) electrons. The van der Waals surface area contributed by atoms with Gasteiger partial charge in [0.2, 0.25) is 10.3 Å². The van der Waals surface area contributed by atoms with Gasteiger partial charge in [-0.05, 0) is 11.6 Å². The normalized spacial score (nSPS) is 18.8. The van der Waals surface area contributed by atoms with Gasteiger partial charge in [-0.25, -0.2) is 0 Å². The predicted molar refractivity (Wildman–Crippen MR) is 71.2 cm³/mol. The van der Waals surface area contributed by atoms with E-state index in [4.69, 9.17) is 0 Å². The van der Waals surface area contributed by atoms with Gasteiger partial charge in [-0.1, -0.05) is 60.7 Å². The third-order valence-corrected chi connectivity index (χ3v) is 3.30. The minimum absolute atomic E-state index is 0.168. The molecule has 0 heterocycles. The van der Waals surface area contributed by atoms with Crippen molar-refractivity contribution in [2.45, 2.75) is 0 Å². The molecule has 86 valence electrons. The van der Waals surface area contributed by atoms with Gasteiger partial charge in [0, 0.05) is 5.92 Å². The number of rotatable bonds is 2. The van der Waals surface area contributed by atoms with Gasteiger partial charge in [0.05, 0.1) is 4.86 Å². The van der Waals surface area contributed by atoms with Gasteiger partial charge in [0.1, 0.15) is 0 Å². The van der Waals surface area contributed by atoms with E-state index in [9.17, 15) is 8.42 Å². The molecule has 0 saturated heterocycles. The van der Waals surface area contributed by atoms with Crippen LogP contribution in [-0.4, -0.2) is 13.3 Å². The van der Waals surface area contributed by atoms with Gasteiger partial charge in [-0.15, -0.1) is 0 Å². The zero-order valence-electron chi connectivity index (χ0n) is 9.15. The zero-order valence-corrected chi connectivity index (χ0v) is 9.97. The van der Waals surface area contributed by atoms with Crippen LogP contribution in [0.5, 0.6) is 0 Å². The number of hydrogen-bond donors (Lipinski definition) is 0. The first kappa shape index (κ1) is 11.6. The summed E-state index contributed by atoms with van der Waals surface area (Å²) >= 11 is 0. The Hall–Kier alpha value is -1.87. The van der Waals surface area contributed by atoms with Crippen molar-refractivity contribution in [3.8, 4) is 0 Å². The molecule has 0 N–H and O–H groups in total. The lowest BCUT2D eigenvalue weighted by Crippen LogP contribution is -2.10. The van der Waals surface area contributed by atoms with Crippen molar-refractivity contribution in [2.24, 2.45) is 5.92 Å². The van der Waals surface area contributed by atoms with Crippen LogP contribution in [0.1, 0.15) is 5.56 Å². The first-order valence-corrected chi connectivity index (χ1v) is 6.39. The first-order chi connectivity index (χ1) is 8.27. The van der Waals surface area contributed by atoms with Crippen molar-refractivity contribution < 1.29 is 8.42 Å². The second-order valence-electron chi connectivity index (χ2n) is 3.68. The third-order valence-electron chi connectivity index (χ3n) is 2.51. The van der Waals surface area contributed by atoms with Crippen LogP contribution in [0, 0.1) is 5.92 Å². The Kier molecular flexibility index (Phi) is 3.73. The molecule has 1 atom stereocenters. The second-order valence-corrected chi connectivity index (χ2v) is 4.62. The van der Waals surface area contributed by atoms with E-state index in [2.05, 4.69) is 0 Å². The van der Waals surface area contributed by atoms with Crippen LogP contribution in [0.3, 0.4) is 0 Å². The smallest absolute Gasteiger partial charge is 0.184 e. The predicted octanol–water partition coefficient (Wildman–Crippen LogP) is 2.49. The third kappa shape index (κ3) is 3.04. The number of benzene rings is 1. The molecule has 0 fully saturated rings. The van der Waals surface area contributed by atoms with Crippen LogP contribution in [-0.2, 0) is 10.3 Å². The van der Waals surface area contributed by atoms with Gasteiger partial charge in [-0.3, -0.25) is 0 Å². The summed E-state index contributed by atoms with van der Waals surface area (Å²) in [6.45, 7) is 0. The summed E-state index contributed by atoms with van der Waals surface area (Å²) < 4.78 is 22.0. The molecule has 2 nitrogen and oxygen atoms in total. The molecular weight excluding hydrogens is 232 g/mol. The van der Waals surface area contributed by atoms with E-state index in [1.165, 1.54) is 0 Å². The fourth-order valence-corrected chi connectivity index (χ4v) is 2.21. The Morgan fingerprint density at radius 2 is 1.82 bits per heavy atom. The summed E-state index contributed by atoms with van der Waals surface area (Å²) in [4.78, 5) is 0.402. The molecule has 1 aliphatic rings. The fraction of sp³-hybridized carbons (Fsp3) is 0.0714. The van der Waals surface area contributed by atoms with E-state index in [-0.39, 0.29) is 5.92 Å². The topological polar surface area (TPSA) is 34.1 Å². The summed E-state index contributed by atoms with van der Waals surface area (Å²) in [5, 5.41) is 0. The molecular formula is C14H12O2S. The van der Waals surface area contributed by atoms with Crippen LogP contribution >= 0.6 is 0 Å². The van der Waals surface area contributed by atoms with Gasteiger partial charge in [0.15, 0.2) is 0 Å². The maximum Gasteiger partial charge on any atom is 0.218 e. The molecule has 0 saturated carbocycles. The SMILES string of the molecule is O=S(=O)=C1C=CC=CC1/C=C/c1ccccc1. The Labute approximate surface area is 102 Å². The Morgan fingerprint density at radius 3 is 2.53 bits per heavy atom. The maximum atomic E-state index is 11.0. The highest BCUT2D eigenvalue weighted by molar-refractivity contribution is 7.73. The minimum Gasteiger partial charge on any atom is -0.184 e. The van der Waals surface area contributed by atoms with Crippen LogP contribution in [0.4, 0.5) is 0 Å². The van der Waals surface area contributed by atoms with Crippen molar-refractivity contribution in [1.82, 2.24) is 0 Å². The van der Waals surface area contributed by atoms with Crippen molar-refractivity contribution in [3.63, 3.8) is 0 Å². The summed E-state index contributed by atoms with van der Waals surface area (Å²) in [6, 6.07) is 9.81. The molecule has 1 aliphatic carbocycles. The van der Waals surface area contributed by atoms with Crippen LogP contribution in [0.2, 0.25) is 0 Å². The van der Waals surface area contributed by atoms with Crippen LogP contribution in [0.25, 0.3) is 6.08 Å². The Morgan fingerprint density at radius 1 is 1.06 bits per heavy atom. The molecule has 3 heteroatoms. The lowest BCUT2D eigenvalue weighted by Gasteiger charge is -2.07. The molecule has 17 heavy (non-hydrogen) atoms. The molecule has 0 aromatic heterocycles. The Balaban J connectivity index is 2.25. The van der Waals surface area contributed by atoms with Gasteiger partial charge < -0.3 is 0 Å². The molecule has 0 amide bonds. The van der Waals surface area contributed by atoms with E-state index < -0.39 is 10.3 Å². The average molecular weight is 244 g/mol. The number of allylic oxidation sites excluding steroid dienone is 5. The van der Waals surface area contributed by atoms with E-state index in [0.717, 1.165) is 5.56 Å². The maximum absolute atomic E-state index is 11.0. The van der Waals surface area contributed by atoms with Crippen molar-refractivity contribution in [1.29, 1.82) is 0 Å². The molecule has 1 aromatic carbocycles. The van der Waals surface area contributed by atoms with Crippen molar-refractivity contribution >= 4 is 21.2 Å². The molecule has 0 aliphatic heterocycles. The van der Waals surface area contributed by atoms with Gasteiger partial charge in [-0.2, -0.15) is 8.42 Å². The highest BCUT2D eigenvalue weighted by Gasteiger charge is 2.10. The summed E-state index contributed by atoms with van der Waals surface area (Å²) in [7, 11) is -2.16. The fourth-order valence-electron chi connectivity index (χ4n) is 1.64.